The monoisotopic (exact) mass is 377 g/mol. The van der Waals surface area contributed by atoms with Gasteiger partial charge in [-0.2, -0.15) is 0 Å². The van der Waals surface area contributed by atoms with Crippen LogP contribution in [0.1, 0.15) is 71.1 Å². The number of quaternary nitrogens is 1. The van der Waals surface area contributed by atoms with Gasteiger partial charge in [0.05, 0.1) is 21.1 Å². The Morgan fingerprint density at radius 2 is 1.45 bits per heavy atom. The average molecular weight is 378 g/mol. The second kappa shape index (κ2) is 14.3. The number of unbranched alkanes of at least 4 members (excludes halogenated alkanes) is 8. The second-order valence-corrected chi connectivity index (χ2v) is 6.83. The molecule has 132 valence electrons. The maximum Gasteiger partial charge on any atom is 0.334 e. The Hall–Kier alpha value is -0.350. The molecule has 22 heavy (non-hydrogen) atoms. The average Bonchev–Trinajstić information content (AvgIpc) is 2.42. The first-order chi connectivity index (χ1) is 9.91. The van der Waals surface area contributed by atoms with Crippen LogP contribution in [0.15, 0.2) is 12.7 Å². The van der Waals surface area contributed by atoms with E-state index in [4.69, 9.17) is 4.74 Å². The Kier molecular flexibility index (Phi) is 15.5. The fraction of sp³-hybridized carbons (Fsp3) is 0.833. The van der Waals surface area contributed by atoms with Gasteiger partial charge in [-0.25, -0.2) is 4.79 Å². The number of esters is 1. The van der Waals surface area contributed by atoms with Gasteiger partial charge in [-0.1, -0.05) is 64.9 Å². The molecular formula is C18H36BrNO2. The molecule has 0 aliphatic heterocycles. The molecule has 1 atom stereocenters. The van der Waals surface area contributed by atoms with Crippen molar-refractivity contribution in [2.75, 3.05) is 21.1 Å². The van der Waals surface area contributed by atoms with E-state index in [-0.39, 0.29) is 29.2 Å². The maximum absolute atomic E-state index is 11.4. The molecule has 0 aromatic carbocycles. The van der Waals surface area contributed by atoms with Gasteiger partial charge in [-0.15, -0.1) is 0 Å². The zero-order valence-electron chi connectivity index (χ0n) is 15.1. The van der Waals surface area contributed by atoms with Crippen molar-refractivity contribution in [2.45, 2.75) is 77.4 Å². The van der Waals surface area contributed by atoms with Crippen LogP contribution in [0.4, 0.5) is 0 Å². The van der Waals surface area contributed by atoms with Gasteiger partial charge < -0.3 is 21.7 Å². The highest BCUT2D eigenvalue weighted by atomic mass is 79.9. The van der Waals surface area contributed by atoms with E-state index in [1.165, 1.54) is 57.4 Å². The lowest BCUT2D eigenvalue weighted by Crippen LogP contribution is -3.00. The fourth-order valence-corrected chi connectivity index (χ4v) is 2.42. The van der Waals surface area contributed by atoms with E-state index in [0.717, 1.165) is 12.8 Å². The van der Waals surface area contributed by atoms with Crippen LogP contribution in [0.5, 0.6) is 0 Å². The van der Waals surface area contributed by atoms with Crippen LogP contribution in [-0.2, 0) is 9.53 Å². The number of hydrogen-bond donors (Lipinski definition) is 0. The van der Waals surface area contributed by atoms with Crippen LogP contribution in [0.2, 0.25) is 0 Å². The summed E-state index contributed by atoms with van der Waals surface area (Å²) in [5.41, 5.74) is 0. The SMILES string of the molecule is C=CC(=O)OC(CCCCCCCCCCC)[N+](C)(C)C.[Br-]. The minimum atomic E-state index is -0.316. The Morgan fingerprint density at radius 1 is 1.00 bits per heavy atom. The summed E-state index contributed by atoms with van der Waals surface area (Å²) in [6.45, 7) is 5.72. The maximum atomic E-state index is 11.4. The number of rotatable bonds is 13. The van der Waals surface area contributed by atoms with Crippen LogP contribution in [0, 0.1) is 0 Å². The molecular weight excluding hydrogens is 342 g/mol. The smallest absolute Gasteiger partial charge is 0.334 e. The van der Waals surface area contributed by atoms with E-state index < -0.39 is 0 Å². The highest BCUT2D eigenvalue weighted by Crippen LogP contribution is 2.16. The van der Waals surface area contributed by atoms with Gasteiger partial charge >= 0.3 is 5.97 Å². The van der Waals surface area contributed by atoms with Gasteiger partial charge in [-0.3, -0.25) is 4.48 Å². The molecule has 0 aliphatic carbocycles. The zero-order valence-corrected chi connectivity index (χ0v) is 16.7. The third-order valence-electron chi connectivity index (χ3n) is 3.84. The summed E-state index contributed by atoms with van der Waals surface area (Å²) in [5.74, 6) is -0.316. The van der Waals surface area contributed by atoms with E-state index in [2.05, 4.69) is 34.6 Å². The van der Waals surface area contributed by atoms with Gasteiger partial charge in [0.1, 0.15) is 0 Å². The summed E-state index contributed by atoms with van der Waals surface area (Å²) >= 11 is 0. The number of carbonyl (C=O) groups excluding carboxylic acids is 1. The molecule has 0 N–H and O–H groups in total. The van der Waals surface area contributed by atoms with Gasteiger partial charge in [0.2, 0.25) is 6.23 Å². The third kappa shape index (κ3) is 13.3. The van der Waals surface area contributed by atoms with E-state index in [1.807, 2.05) is 0 Å². The van der Waals surface area contributed by atoms with Crippen molar-refractivity contribution in [1.29, 1.82) is 0 Å². The molecule has 0 amide bonds. The van der Waals surface area contributed by atoms with Crippen LogP contribution in [0.25, 0.3) is 0 Å². The summed E-state index contributed by atoms with van der Waals surface area (Å²) in [4.78, 5) is 11.4. The van der Waals surface area contributed by atoms with Crippen molar-refractivity contribution < 1.29 is 31.0 Å². The number of halogens is 1. The van der Waals surface area contributed by atoms with Gasteiger partial charge in [-0.05, 0) is 6.42 Å². The summed E-state index contributed by atoms with van der Waals surface area (Å²) in [7, 11) is 6.19. The molecule has 0 rings (SSSR count). The first-order valence-corrected chi connectivity index (χ1v) is 8.56. The number of carbonyl (C=O) groups is 1. The molecule has 0 aliphatic rings. The number of ether oxygens (including phenoxy) is 1. The molecule has 0 radical (unpaired) electrons. The van der Waals surface area contributed by atoms with E-state index >= 15 is 0 Å². The van der Waals surface area contributed by atoms with E-state index in [9.17, 15) is 4.79 Å². The molecule has 0 aromatic heterocycles. The second-order valence-electron chi connectivity index (χ2n) is 6.83. The predicted octanol–water partition coefficient (Wildman–Crippen LogP) is 1.67. The summed E-state index contributed by atoms with van der Waals surface area (Å²) in [5, 5.41) is 0. The van der Waals surface area contributed by atoms with Crippen LogP contribution in [-0.4, -0.2) is 37.8 Å². The Labute approximate surface area is 148 Å². The Bertz CT molecular complexity index is 287. The summed E-state index contributed by atoms with van der Waals surface area (Å²) < 4.78 is 6.10. The summed E-state index contributed by atoms with van der Waals surface area (Å²) in [6.07, 6.45) is 13.9. The third-order valence-corrected chi connectivity index (χ3v) is 3.84. The summed E-state index contributed by atoms with van der Waals surface area (Å²) in [6, 6.07) is 0. The lowest BCUT2D eigenvalue weighted by Gasteiger charge is -2.32. The first kappa shape index (κ1) is 23.9. The molecule has 0 fully saturated rings. The van der Waals surface area contributed by atoms with Crippen molar-refractivity contribution in [3.05, 3.63) is 12.7 Å². The van der Waals surface area contributed by atoms with Crippen LogP contribution >= 0.6 is 0 Å². The molecule has 0 aromatic rings. The van der Waals surface area contributed by atoms with Crippen molar-refractivity contribution in [3.8, 4) is 0 Å². The zero-order chi connectivity index (χ0) is 16.1. The van der Waals surface area contributed by atoms with Crippen molar-refractivity contribution in [3.63, 3.8) is 0 Å². The lowest BCUT2D eigenvalue weighted by molar-refractivity contribution is -0.917. The minimum absolute atomic E-state index is 0. The normalized spacial score (nSPS) is 12.4. The van der Waals surface area contributed by atoms with Crippen molar-refractivity contribution >= 4 is 5.97 Å². The minimum Gasteiger partial charge on any atom is -1.00 e. The van der Waals surface area contributed by atoms with Crippen LogP contribution in [0.3, 0.4) is 0 Å². The van der Waals surface area contributed by atoms with E-state index in [0.29, 0.717) is 4.48 Å². The Morgan fingerprint density at radius 3 is 1.86 bits per heavy atom. The van der Waals surface area contributed by atoms with E-state index in [1.54, 1.807) is 0 Å². The van der Waals surface area contributed by atoms with Crippen LogP contribution < -0.4 is 17.0 Å². The molecule has 0 spiro atoms. The first-order valence-electron chi connectivity index (χ1n) is 8.56. The topological polar surface area (TPSA) is 26.3 Å². The van der Waals surface area contributed by atoms with Gasteiger partial charge in [0.25, 0.3) is 0 Å². The highest BCUT2D eigenvalue weighted by Gasteiger charge is 2.26. The number of nitrogens with zero attached hydrogens (tertiary/aromatic N) is 1. The highest BCUT2D eigenvalue weighted by molar-refractivity contribution is 5.81. The number of hydrogen-bond acceptors (Lipinski definition) is 2. The fourth-order valence-electron chi connectivity index (χ4n) is 2.42. The standard InChI is InChI=1S/C18H36NO2.BrH/c1-6-8-9-10-11-12-13-14-15-16-17(19(3,4)5)21-18(20)7-2;/h7,17H,2,6,8-16H2,1,3-5H3;1H/q+1;/p-1. The molecule has 4 heteroatoms. The quantitative estimate of drug-likeness (QED) is 0.160. The molecule has 3 nitrogen and oxygen atoms in total. The molecule has 1 unspecified atom stereocenters. The molecule has 0 bridgehead atoms. The van der Waals surface area contributed by atoms with Crippen molar-refractivity contribution in [1.82, 2.24) is 0 Å². The largest absolute Gasteiger partial charge is 1.00 e. The molecule has 0 saturated heterocycles. The lowest BCUT2D eigenvalue weighted by atomic mass is 10.1. The van der Waals surface area contributed by atoms with Gasteiger partial charge in [0, 0.05) is 12.5 Å². The molecule has 0 saturated carbocycles. The Balaban J connectivity index is 0. The van der Waals surface area contributed by atoms with Crippen molar-refractivity contribution in [2.24, 2.45) is 0 Å². The van der Waals surface area contributed by atoms with Gasteiger partial charge in [0.15, 0.2) is 0 Å². The molecule has 0 heterocycles. The predicted molar refractivity (Wildman–Crippen MR) is 90.0 cm³/mol.